The first-order valence-corrected chi connectivity index (χ1v) is 7.63. The topological polar surface area (TPSA) is 49.8 Å². The van der Waals surface area contributed by atoms with E-state index in [1.54, 1.807) is 6.07 Å². The van der Waals surface area contributed by atoms with Crippen LogP contribution < -0.4 is 10.6 Å². The van der Waals surface area contributed by atoms with Crippen molar-refractivity contribution in [3.05, 3.63) is 40.8 Å². The molecule has 0 saturated heterocycles. The van der Waals surface area contributed by atoms with Crippen LogP contribution in [0.4, 0.5) is 21.8 Å². The molecule has 0 amide bonds. The molecule has 0 atom stereocenters. The molecule has 0 bridgehead atoms. The minimum absolute atomic E-state index is 0.0629. The Morgan fingerprint density at radius 2 is 2.00 bits per heavy atom. The van der Waals surface area contributed by atoms with Crippen molar-refractivity contribution < 1.29 is 4.39 Å². The van der Waals surface area contributed by atoms with E-state index in [1.807, 2.05) is 13.0 Å². The zero-order valence-electron chi connectivity index (χ0n) is 13.0. The quantitative estimate of drug-likeness (QED) is 0.803. The van der Waals surface area contributed by atoms with Gasteiger partial charge in [-0.05, 0) is 37.5 Å². The second-order valence-electron chi connectivity index (χ2n) is 5.58. The van der Waals surface area contributed by atoms with Crippen molar-refractivity contribution in [2.45, 2.75) is 27.2 Å². The number of aromatic nitrogens is 2. The molecule has 2 rings (SSSR count). The van der Waals surface area contributed by atoms with Gasteiger partial charge in [-0.25, -0.2) is 9.37 Å². The van der Waals surface area contributed by atoms with E-state index >= 15 is 0 Å². The number of nitrogens with zero attached hydrogens (tertiary/aromatic N) is 2. The van der Waals surface area contributed by atoms with Gasteiger partial charge in [-0.15, -0.1) is 0 Å². The van der Waals surface area contributed by atoms with Crippen molar-refractivity contribution in [1.29, 1.82) is 0 Å². The first-order valence-electron chi connectivity index (χ1n) is 7.25. The molecule has 6 heteroatoms. The molecular weight excluding hydrogens is 303 g/mol. The summed E-state index contributed by atoms with van der Waals surface area (Å²) in [6.07, 6.45) is 1.07. The van der Waals surface area contributed by atoms with Crippen molar-refractivity contribution in [2.75, 3.05) is 17.2 Å². The number of anilines is 3. The molecule has 1 aromatic carbocycles. The van der Waals surface area contributed by atoms with Gasteiger partial charge in [0.15, 0.2) is 0 Å². The lowest BCUT2D eigenvalue weighted by atomic mass is 10.1. The van der Waals surface area contributed by atoms with Crippen LogP contribution in [-0.4, -0.2) is 16.5 Å². The SMILES string of the molecule is Cc1cc(NCCC(C)C)nc(Nc2ccc(F)c(Cl)c2)n1. The van der Waals surface area contributed by atoms with Gasteiger partial charge in [0.2, 0.25) is 5.95 Å². The summed E-state index contributed by atoms with van der Waals surface area (Å²) in [5, 5.41) is 6.39. The zero-order chi connectivity index (χ0) is 16.1. The minimum Gasteiger partial charge on any atom is -0.370 e. The number of nitrogens with one attached hydrogen (secondary N) is 2. The summed E-state index contributed by atoms with van der Waals surface area (Å²) in [7, 11) is 0. The summed E-state index contributed by atoms with van der Waals surface area (Å²) in [5.74, 6) is 1.40. The Labute approximate surface area is 135 Å². The number of halogens is 2. The maximum atomic E-state index is 13.2. The zero-order valence-corrected chi connectivity index (χ0v) is 13.7. The third-order valence-corrected chi connectivity index (χ3v) is 3.35. The highest BCUT2D eigenvalue weighted by molar-refractivity contribution is 6.31. The fraction of sp³-hybridized carbons (Fsp3) is 0.375. The van der Waals surface area contributed by atoms with E-state index < -0.39 is 5.82 Å². The summed E-state index contributed by atoms with van der Waals surface area (Å²) >= 11 is 5.77. The van der Waals surface area contributed by atoms with Gasteiger partial charge in [0, 0.05) is 24.0 Å². The molecule has 0 radical (unpaired) electrons. The lowest BCUT2D eigenvalue weighted by Crippen LogP contribution is -2.08. The Hall–Kier alpha value is -1.88. The van der Waals surface area contributed by atoms with Crippen LogP contribution in [0.5, 0.6) is 0 Å². The van der Waals surface area contributed by atoms with E-state index in [2.05, 4.69) is 34.4 Å². The van der Waals surface area contributed by atoms with Gasteiger partial charge in [-0.2, -0.15) is 4.98 Å². The Balaban J connectivity index is 2.10. The molecule has 0 aliphatic heterocycles. The van der Waals surface area contributed by atoms with Crippen molar-refractivity contribution >= 4 is 29.1 Å². The number of benzene rings is 1. The van der Waals surface area contributed by atoms with Gasteiger partial charge in [0.1, 0.15) is 11.6 Å². The first-order chi connectivity index (χ1) is 10.4. The normalized spacial score (nSPS) is 10.8. The van der Waals surface area contributed by atoms with Crippen molar-refractivity contribution in [1.82, 2.24) is 9.97 Å². The predicted molar refractivity (Wildman–Crippen MR) is 89.4 cm³/mol. The molecule has 4 nitrogen and oxygen atoms in total. The van der Waals surface area contributed by atoms with Crippen LogP contribution in [0.1, 0.15) is 26.0 Å². The second kappa shape index (κ2) is 7.40. The highest BCUT2D eigenvalue weighted by Crippen LogP contribution is 2.22. The van der Waals surface area contributed by atoms with Gasteiger partial charge in [-0.3, -0.25) is 0 Å². The third-order valence-electron chi connectivity index (χ3n) is 3.06. The molecular formula is C16H20ClFN4. The van der Waals surface area contributed by atoms with E-state index in [9.17, 15) is 4.39 Å². The number of hydrogen-bond acceptors (Lipinski definition) is 4. The van der Waals surface area contributed by atoms with Crippen LogP contribution in [0.2, 0.25) is 5.02 Å². The average Bonchev–Trinajstić information content (AvgIpc) is 2.42. The van der Waals surface area contributed by atoms with Gasteiger partial charge in [0.05, 0.1) is 5.02 Å². The summed E-state index contributed by atoms with van der Waals surface area (Å²) < 4.78 is 13.2. The summed E-state index contributed by atoms with van der Waals surface area (Å²) in [4.78, 5) is 8.73. The van der Waals surface area contributed by atoms with E-state index in [0.717, 1.165) is 24.5 Å². The van der Waals surface area contributed by atoms with Crippen molar-refractivity contribution in [2.24, 2.45) is 5.92 Å². The summed E-state index contributed by atoms with van der Waals surface area (Å²) in [6, 6.07) is 6.30. The van der Waals surface area contributed by atoms with E-state index in [0.29, 0.717) is 17.6 Å². The molecule has 0 spiro atoms. The predicted octanol–water partition coefficient (Wildman–Crippen LogP) is 4.78. The molecule has 118 valence electrons. The first kappa shape index (κ1) is 16.5. The summed E-state index contributed by atoms with van der Waals surface area (Å²) in [5.41, 5.74) is 1.49. The Morgan fingerprint density at radius 3 is 2.68 bits per heavy atom. The maximum Gasteiger partial charge on any atom is 0.229 e. The second-order valence-corrected chi connectivity index (χ2v) is 5.99. The van der Waals surface area contributed by atoms with Crippen molar-refractivity contribution in [3.8, 4) is 0 Å². The van der Waals surface area contributed by atoms with Gasteiger partial charge in [0.25, 0.3) is 0 Å². The number of rotatable bonds is 6. The number of hydrogen-bond donors (Lipinski definition) is 2. The van der Waals surface area contributed by atoms with Crippen LogP contribution in [0.3, 0.4) is 0 Å². The molecule has 1 aromatic heterocycles. The highest BCUT2D eigenvalue weighted by Gasteiger charge is 2.05. The van der Waals surface area contributed by atoms with Crippen LogP contribution in [-0.2, 0) is 0 Å². The molecule has 0 aliphatic rings. The Bertz CT molecular complexity index is 646. The lowest BCUT2D eigenvalue weighted by molar-refractivity contribution is 0.606. The Morgan fingerprint density at radius 1 is 1.23 bits per heavy atom. The Kier molecular flexibility index (Phi) is 5.55. The molecule has 0 fully saturated rings. The van der Waals surface area contributed by atoms with E-state index in [1.165, 1.54) is 12.1 Å². The third kappa shape index (κ3) is 4.84. The van der Waals surface area contributed by atoms with Crippen molar-refractivity contribution in [3.63, 3.8) is 0 Å². The monoisotopic (exact) mass is 322 g/mol. The molecule has 0 saturated carbocycles. The fourth-order valence-electron chi connectivity index (χ4n) is 1.91. The molecule has 1 heterocycles. The highest BCUT2D eigenvalue weighted by atomic mass is 35.5. The van der Waals surface area contributed by atoms with Crippen LogP contribution in [0.25, 0.3) is 0 Å². The molecule has 2 aromatic rings. The summed E-state index contributed by atoms with van der Waals surface area (Å²) in [6.45, 7) is 7.12. The van der Waals surface area contributed by atoms with Gasteiger partial charge < -0.3 is 10.6 Å². The van der Waals surface area contributed by atoms with Gasteiger partial charge in [-0.1, -0.05) is 25.4 Å². The molecule has 22 heavy (non-hydrogen) atoms. The van der Waals surface area contributed by atoms with Gasteiger partial charge >= 0.3 is 0 Å². The van der Waals surface area contributed by atoms with E-state index in [4.69, 9.17) is 11.6 Å². The van der Waals surface area contributed by atoms with E-state index in [-0.39, 0.29) is 5.02 Å². The fourth-order valence-corrected chi connectivity index (χ4v) is 2.09. The van der Waals surface area contributed by atoms with Crippen LogP contribution in [0, 0.1) is 18.7 Å². The van der Waals surface area contributed by atoms with Crippen LogP contribution >= 0.6 is 11.6 Å². The molecule has 2 N–H and O–H groups in total. The average molecular weight is 323 g/mol. The maximum absolute atomic E-state index is 13.2. The standard InChI is InChI=1S/C16H20ClFN4/c1-10(2)6-7-19-15-8-11(3)20-16(22-15)21-12-4-5-14(18)13(17)9-12/h4-5,8-10H,6-7H2,1-3H3,(H2,19,20,21,22). The number of aryl methyl sites for hydroxylation is 1. The van der Waals surface area contributed by atoms with Crippen LogP contribution in [0.15, 0.2) is 24.3 Å². The lowest BCUT2D eigenvalue weighted by Gasteiger charge is -2.11. The minimum atomic E-state index is -0.451. The smallest absolute Gasteiger partial charge is 0.229 e. The molecule has 0 unspecified atom stereocenters. The molecule has 0 aliphatic carbocycles. The largest absolute Gasteiger partial charge is 0.370 e.